The fourth-order valence-corrected chi connectivity index (χ4v) is 2.19. The maximum atomic E-state index is 12.1. The van der Waals surface area contributed by atoms with Gasteiger partial charge in [-0.1, -0.05) is 12.1 Å². The minimum absolute atomic E-state index is 0.116. The molecule has 0 aliphatic heterocycles. The second-order valence-electron chi connectivity index (χ2n) is 5.27. The molecule has 1 amide bonds. The third-order valence-electron chi connectivity index (χ3n) is 3.58. The Labute approximate surface area is 145 Å². The third kappa shape index (κ3) is 4.60. The lowest BCUT2D eigenvalue weighted by Crippen LogP contribution is -2.10. The van der Waals surface area contributed by atoms with Crippen molar-refractivity contribution in [1.82, 2.24) is 0 Å². The molecule has 0 aliphatic carbocycles. The lowest BCUT2D eigenvalue weighted by Gasteiger charge is -2.08. The van der Waals surface area contributed by atoms with E-state index in [4.69, 9.17) is 14.6 Å². The number of aryl methyl sites for hydroxylation is 1. The van der Waals surface area contributed by atoms with Gasteiger partial charge in [0.15, 0.2) is 11.5 Å². The van der Waals surface area contributed by atoms with Gasteiger partial charge in [0.25, 0.3) is 0 Å². The fourth-order valence-electron chi connectivity index (χ4n) is 2.19. The number of hydrogen-bond donors (Lipinski definition) is 2. The zero-order valence-electron chi connectivity index (χ0n) is 14.2. The predicted octanol–water partition coefficient (Wildman–Crippen LogP) is 3.36. The van der Waals surface area contributed by atoms with E-state index in [0.717, 1.165) is 11.1 Å². The molecule has 0 saturated heterocycles. The number of hydrogen-bond acceptors (Lipinski definition) is 4. The van der Waals surface area contributed by atoms with E-state index in [9.17, 15) is 9.59 Å². The van der Waals surface area contributed by atoms with E-state index >= 15 is 0 Å². The van der Waals surface area contributed by atoms with Crippen molar-refractivity contribution in [3.8, 4) is 11.5 Å². The van der Waals surface area contributed by atoms with E-state index in [-0.39, 0.29) is 11.5 Å². The topological polar surface area (TPSA) is 84.9 Å². The second-order valence-corrected chi connectivity index (χ2v) is 5.27. The Morgan fingerprint density at radius 3 is 2.40 bits per heavy atom. The fraction of sp³-hybridized carbons (Fsp3) is 0.158. The van der Waals surface area contributed by atoms with Crippen molar-refractivity contribution in [2.45, 2.75) is 6.92 Å². The average molecular weight is 341 g/mol. The minimum Gasteiger partial charge on any atom is -0.493 e. The molecule has 130 valence electrons. The molecule has 0 bridgehead atoms. The van der Waals surface area contributed by atoms with Crippen LogP contribution in [0, 0.1) is 6.92 Å². The number of carboxylic acids is 1. The van der Waals surface area contributed by atoms with Crippen LogP contribution in [0.25, 0.3) is 6.08 Å². The smallest absolute Gasteiger partial charge is 0.335 e. The molecular formula is C19H19NO5. The third-order valence-corrected chi connectivity index (χ3v) is 3.58. The van der Waals surface area contributed by atoms with Crippen molar-refractivity contribution in [2.75, 3.05) is 19.5 Å². The monoisotopic (exact) mass is 341 g/mol. The van der Waals surface area contributed by atoms with Crippen molar-refractivity contribution < 1.29 is 24.2 Å². The first-order valence-corrected chi connectivity index (χ1v) is 7.49. The summed E-state index contributed by atoms with van der Waals surface area (Å²) in [6.07, 6.45) is 3.00. The van der Waals surface area contributed by atoms with E-state index in [2.05, 4.69) is 5.32 Å². The van der Waals surface area contributed by atoms with Gasteiger partial charge in [-0.3, -0.25) is 4.79 Å². The summed E-state index contributed by atoms with van der Waals surface area (Å²) in [5.74, 6) is -0.239. The van der Waals surface area contributed by atoms with Gasteiger partial charge < -0.3 is 19.9 Å². The lowest BCUT2D eigenvalue weighted by molar-refractivity contribution is -0.111. The Morgan fingerprint density at radius 2 is 1.76 bits per heavy atom. The van der Waals surface area contributed by atoms with Crippen molar-refractivity contribution in [3.05, 3.63) is 59.2 Å². The maximum absolute atomic E-state index is 12.1. The molecule has 2 aromatic carbocycles. The van der Waals surface area contributed by atoms with Gasteiger partial charge in [-0.15, -0.1) is 0 Å². The Kier molecular flexibility index (Phi) is 5.79. The number of aromatic carboxylic acids is 1. The molecule has 0 fully saturated rings. The van der Waals surface area contributed by atoms with Crippen LogP contribution in [0.4, 0.5) is 5.69 Å². The summed E-state index contributed by atoms with van der Waals surface area (Å²) in [5.41, 5.74) is 2.12. The molecule has 0 atom stereocenters. The highest BCUT2D eigenvalue weighted by Gasteiger charge is 2.08. The number of rotatable bonds is 6. The summed E-state index contributed by atoms with van der Waals surface area (Å²) in [6.45, 7) is 1.79. The summed E-state index contributed by atoms with van der Waals surface area (Å²) < 4.78 is 10.4. The summed E-state index contributed by atoms with van der Waals surface area (Å²) in [7, 11) is 3.09. The molecule has 0 saturated carbocycles. The standard InChI is InChI=1S/C19H19NO5/c1-12-4-7-14(19(22)23)11-15(12)20-18(21)9-6-13-5-8-16(24-2)17(10-13)25-3/h4-11H,1-3H3,(H,20,21)(H,22,23)/b9-6+. The Hall–Kier alpha value is -3.28. The largest absolute Gasteiger partial charge is 0.493 e. The van der Waals surface area contributed by atoms with E-state index in [0.29, 0.717) is 17.2 Å². The molecule has 0 unspecified atom stereocenters. The molecule has 2 aromatic rings. The normalized spacial score (nSPS) is 10.5. The van der Waals surface area contributed by atoms with Gasteiger partial charge in [-0.25, -0.2) is 4.79 Å². The van der Waals surface area contributed by atoms with E-state index in [1.165, 1.54) is 25.3 Å². The number of ether oxygens (including phenoxy) is 2. The first-order chi connectivity index (χ1) is 11.9. The first kappa shape index (κ1) is 18.1. The molecule has 2 N–H and O–H groups in total. The first-order valence-electron chi connectivity index (χ1n) is 7.49. The van der Waals surface area contributed by atoms with Gasteiger partial charge in [-0.05, 0) is 48.4 Å². The SMILES string of the molecule is COc1ccc(/C=C/C(=O)Nc2cc(C(=O)O)ccc2C)cc1OC. The van der Waals surface area contributed by atoms with Crippen LogP contribution in [0.1, 0.15) is 21.5 Å². The van der Waals surface area contributed by atoms with Crippen LogP contribution in [0.5, 0.6) is 11.5 Å². The lowest BCUT2D eigenvalue weighted by atomic mass is 10.1. The van der Waals surface area contributed by atoms with Crippen molar-refractivity contribution >= 4 is 23.6 Å². The number of carboxylic acid groups (broad SMARTS) is 1. The van der Waals surface area contributed by atoms with Gasteiger partial charge in [0.1, 0.15) is 0 Å². The molecule has 2 rings (SSSR count). The van der Waals surface area contributed by atoms with Crippen LogP contribution in [0.15, 0.2) is 42.5 Å². The zero-order valence-corrected chi connectivity index (χ0v) is 14.2. The Bertz CT molecular complexity index is 827. The average Bonchev–Trinajstić information content (AvgIpc) is 2.61. The quantitative estimate of drug-likeness (QED) is 0.787. The second kappa shape index (κ2) is 8.01. The van der Waals surface area contributed by atoms with Crippen LogP contribution < -0.4 is 14.8 Å². The number of carbonyl (C=O) groups excluding carboxylic acids is 1. The van der Waals surface area contributed by atoms with Crippen molar-refractivity contribution in [1.29, 1.82) is 0 Å². The van der Waals surface area contributed by atoms with Gasteiger partial charge in [-0.2, -0.15) is 0 Å². The van der Waals surface area contributed by atoms with Gasteiger partial charge in [0.05, 0.1) is 19.8 Å². The molecule has 6 nitrogen and oxygen atoms in total. The molecule has 0 radical (unpaired) electrons. The molecule has 25 heavy (non-hydrogen) atoms. The van der Waals surface area contributed by atoms with Gasteiger partial charge >= 0.3 is 5.97 Å². The van der Waals surface area contributed by atoms with E-state index in [1.807, 2.05) is 0 Å². The van der Waals surface area contributed by atoms with Crippen molar-refractivity contribution in [3.63, 3.8) is 0 Å². The number of nitrogens with one attached hydrogen (secondary N) is 1. The van der Waals surface area contributed by atoms with E-state index in [1.54, 1.807) is 44.4 Å². The highest BCUT2D eigenvalue weighted by molar-refractivity contribution is 6.03. The highest BCUT2D eigenvalue weighted by atomic mass is 16.5. The van der Waals surface area contributed by atoms with Crippen LogP contribution in [-0.2, 0) is 4.79 Å². The molecular weight excluding hydrogens is 322 g/mol. The van der Waals surface area contributed by atoms with Crippen LogP contribution in [0.2, 0.25) is 0 Å². The summed E-state index contributed by atoms with van der Waals surface area (Å²) in [6, 6.07) is 9.86. The Morgan fingerprint density at radius 1 is 1.04 bits per heavy atom. The van der Waals surface area contributed by atoms with Gasteiger partial charge in [0.2, 0.25) is 5.91 Å². The molecule has 0 heterocycles. The highest BCUT2D eigenvalue weighted by Crippen LogP contribution is 2.28. The maximum Gasteiger partial charge on any atom is 0.335 e. The Balaban J connectivity index is 2.14. The molecule has 6 heteroatoms. The van der Waals surface area contributed by atoms with E-state index < -0.39 is 5.97 Å². The van der Waals surface area contributed by atoms with Crippen LogP contribution in [-0.4, -0.2) is 31.2 Å². The zero-order chi connectivity index (χ0) is 18.4. The molecule has 0 spiro atoms. The van der Waals surface area contributed by atoms with Crippen LogP contribution >= 0.6 is 0 Å². The molecule has 0 aromatic heterocycles. The minimum atomic E-state index is -1.05. The van der Waals surface area contributed by atoms with Crippen LogP contribution in [0.3, 0.4) is 0 Å². The number of anilines is 1. The predicted molar refractivity (Wildman–Crippen MR) is 95.3 cm³/mol. The summed E-state index contributed by atoms with van der Waals surface area (Å²) >= 11 is 0. The van der Waals surface area contributed by atoms with Gasteiger partial charge in [0, 0.05) is 11.8 Å². The number of methoxy groups -OCH3 is 2. The number of carbonyl (C=O) groups is 2. The van der Waals surface area contributed by atoms with Crippen molar-refractivity contribution in [2.24, 2.45) is 0 Å². The summed E-state index contributed by atoms with van der Waals surface area (Å²) in [5, 5.41) is 11.7. The molecule has 0 aliphatic rings. The number of benzene rings is 2. The summed E-state index contributed by atoms with van der Waals surface area (Å²) in [4.78, 5) is 23.1. The number of amides is 1.